The molecule has 2 aromatic carbocycles. The quantitative estimate of drug-likeness (QED) is 0.846. The zero-order valence-electron chi connectivity index (χ0n) is 11.2. The highest BCUT2D eigenvalue weighted by Crippen LogP contribution is 2.21. The highest BCUT2D eigenvalue weighted by molar-refractivity contribution is 7.90. The zero-order valence-corrected chi connectivity index (χ0v) is 12.1. The maximum absolute atomic E-state index is 12.1. The molecule has 21 heavy (non-hydrogen) atoms. The van der Waals surface area contributed by atoms with Gasteiger partial charge in [-0.2, -0.15) is 0 Å². The van der Waals surface area contributed by atoms with Gasteiger partial charge in [-0.15, -0.1) is 0 Å². The molecule has 0 aromatic heterocycles. The molecule has 6 nitrogen and oxygen atoms in total. The van der Waals surface area contributed by atoms with E-state index in [0.717, 1.165) is 0 Å². The third kappa shape index (κ3) is 3.51. The Labute approximate surface area is 122 Å². The number of hydrogen-bond acceptors (Lipinski definition) is 5. The van der Waals surface area contributed by atoms with Crippen molar-refractivity contribution in [2.75, 3.05) is 5.73 Å². The summed E-state index contributed by atoms with van der Waals surface area (Å²) in [5.41, 5.74) is 6.43. The van der Waals surface area contributed by atoms with E-state index in [4.69, 9.17) is 10.5 Å². The van der Waals surface area contributed by atoms with Crippen LogP contribution in [0.3, 0.4) is 0 Å². The standard InChI is InChI=1S/C14H14N2O4S/c1-10-6-5-9-12(13(10)15)21(18,19)16-14(17)20-11-7-3-2-4-8-11/h2-9H,15H2,1H3,(H,16,17). The van der Waals surface area contributed by atoms with Gasteiger partial charge in [0.2, 0.25) is 0 Å². The van der Waals surface area contributed by atoms with Gasteiger partial charge in [0.15, 0.2) is 0 Å². The lowest BCUT2D eigenvalue weighted by molar-refractivity contribution is 0.207. The van der Waals surface area contributed by atoms with Gasteiger partial charge in [-0.1, -0.05) is 30.3 Å². The highest BCUT2D eigenvalue weighted by Gasteiger charge is 2.22. The number of ether oxygens (including phenoxy) is 1. The van der Waals surface area contributed by atoms with Crippen molar-refractivity contribution < 1.29 is 17.9 Å². The minimum absolute atomic E-state index is 0.0949. The summed E-state index contributed by atoms with van der Waals surface area (Å²) in [7, 11) is -4.08. The number of nitrogens with one attached hydrogen (secondary N) is 1. The van der Waals surface area contributed by atoms with Crippen LogP contribution in [0.25, 0.3) is 0 Å². The Bertz CT molecular complexity index is 758. The molecule has 0 atom stereocenters. The van der Waals surface area contributed by atoms with Crippen LogP contribution in [0.1, 0.15) is 5.56 Å². The summed E-state index contributed by atoms with van der Waals surface area (Å²) in [5, 5.41) is 0. The molecular weight excluding hydrogens is 292 g/mol. The fourth-order valence-corrected chi connectivity index (χ4v) is 2.75. The van der Waals surface area contributed by atoms with E-state index in [-0.39, 0.29) is 16.3 Å². The van der Waals surface area contributed by atoms with E-state index in [0.29, 0.717) is 5.56 Å². The molecule has 0 aliphatic carbocycles. The summed E-state index contributed by atoms with van der Waals surface area (Å²) in [5.74, 6) is 0.238. The summed E-state index contributed by atoms with van der Waals surface area (Å²) in [6.07, 6.45) is -1.10. The maximum atomic E-state index is 12.1. The second kappa shape index (κ2) is 5.84. The number of carbonyl (C=O) groups is 1. The van der Waals surface area contributed by atoms with Crippen molar-refractivity contribution in [2.45, 2.75) is 11.8 Å². The van der Waals surface area contributed by atoms with E-state index >= 15 is 0 Å². The van der Waals surface area contributed by atoms with Crippen LogP contribution in [0.5, 0.6) is 5.75 Å². The Morgan fingerprint density at radius 2 is 1.76 bits per heavy atom. The van der Waals surface area contributed by atoms with Crippen molar-refractivity contribution in [3.63, 3.8) is 0 Å². The Morgan fingerprint density at radius 3 is 2.43 bits per heavy atom. The fourth-order valence-electron chi connectivity index (χ4n) is 1.67. The molecule has 3 N–H and O–H groups in total. The van der Waals surface area contributed by atoms with E-state index in [2.05, 4.69) is 0 Å². The van der Waals surface area contributed by atoms with Crippen LogP contribution < -0.4 is 15.2 Å². The van der Waals surface area contributed by atoms with E-state index in [1.807, 2.05) is 4.72 Å². The van der Waals surface area contributed by atoms with Crippen LogP contribution in [-0.2, 0) is 10.0 Å². The molecule has 2 aromatic rings. The number of anilines is 1. The number of nitrogen functional groups attached to an aromatic ring is 1. The molecule has 110 valence electrons. The number of sulfonamides is 1. The number of carbonyl (C=O) groups excluding carboxylic acids is 1. The Morgan fingerprint density at radius 1 is 1.10 bits per heavy atom. The van der Waals surface area contributed by atoms with Crippen LogP contribution in [0.2, 0.25) is 0 Å². The van der Waals surface area contributed by atoms with Gasteiger partial charge in [0, 0.05) is 0 Å². The minimum Gasteiger partial charge on any atom is -0.410 e. The summed E-state index contributed by atoms with van der Waals surface area (Å²) in [6, 6.07) is 12.7. The smallest absolute Gasteiger partial charge is 0.410 e. The number of hydrogen-bond donors (Lipinski definition) is 2. The molecule has 0 aliphatic heterocycles. The van der Waals surface area contributed by atoms with Gasteiger partial charge in [0.1, 0.15) is 10.6 Å². The average molecular weight is 306 g/mol. The second-order valence-corrected chi connectivity index (χ2v) is 5.95. The van der Waals surface area contributed by atoms with Crippen molar-refractivity contribution in [2.24, 2.45) is 0 Å². The normalized spacial score (nSPS) is 10.9. The monoisotopic (exact) mass is 306 g/mol. The van der Waals surface area contributed by atoms with Gasteiger partial charge < -0.3 is 10.5 Å². The molecule has 0 fully saturated rings. The lowest BCUT2D eigenvalue weighted by atomic mass is 10.2. The summed E-state index contributed by atoms with van der Waals surface area (Å²) < 4.78 is 30.9. The predicted octanol–water partition coefficient (Wildman–Crippen LogP) is 2.05. The molecule has 0 aliphatic rings. The first-order valence-electron chi connectivity index (χ1n) is 6.05. The van der Waals surface area contributed by atoms with Crippen LogP contribution >= 0.6 is 0 Å². The first-order chi connectivity index (χ1) is 9.90. The number of para-hydroxylation sites is 2. The fraction of sp³-hybridized carbons (Fsp3) is 0.0714. The molecular formula is C14H14N2O4S. The minimum atomic E-state index is -4.08. The molecule has 0 saturated heterocycles. The zero-order chi connectivity index (χ0) is 15.5. The lowest BCUT2D eigenvalue weighted by Crippen LogP contribution is -2.33. The number of nitrogens with two attached hydrogens (primary N) is 1. The Kier molecular flexibility index (Phi) is 4.13. The summed E-state index contributed by atoms with van der Waals surface area (Å²) in [4.78, 5) is 11.5. The summed E-state index contributed by atoms with van der Waals surface area (Å²) in [6.45, 7) is 1.68. The number of benzene rings is 2. The van der Waals surface area contributed by atoms with Gasteiger partial charge in [-0.3, -0.25) is 0 Å². The van der Waals surface area contributed by atoms with Crippen molar-refractivity contribution in [1.29, 1.82) is 0 Å². The number of rotatable bonds is 3. The van der Waals surface area contributed by atoms with Crippen molar-refractivity contribution in [3.05, 3.63) is 54.1 Å². The topological polar surface area (TPSA) is 98.5 Å². The third-order valence-electron chi connectivity index (χ3n) is 2.75. The molecule has 7 heteroatoms. The predicted molar refractivity (Wildman–Crippen MR) is 78.4 cm³/mol. The van der Waals surface area contributed by atoms with Crippen LogP contribution in [-0.4, -0.2) is 14.5 Å². The molecule has 2 rings (SSSR count). The maximum Gasteiger partial charge on any atom is 0.426 e. The van der Waals surface area contributed by atoms with E-state index in [9.17, 15) is 13.2 Å². The number of amides is 1. The molecule has 0 unspecified atom stereocenters. The van der Waals surface area contributed by atoms with Gasteiger partial charge in [0.05, 0.1) is 5.69 Å². The largest absolute Gasteiger partial charge is 0.426 e. The third-order valence-corrected chi connectivity index (χ3v) is 4.12. The van der Waals surface area contributed by atoms with Crippen molar-refractivity contribution in [3.8, 4) is 5.75 Å². The lowest BCUT2D eigenvalue weighted by Gasteiger charge is -2.10. The molecule has 0 radical (unpaired) electrons. The van der Waals surface area contributed by atoms with Gasteiger partial charge >= 0.3 is 6.09 Å². The first kappa shape index (κ1) is 14.9. The van der Waals surface area contributed by atoms with Crippen molar-refractivity contribution >= 4 is 21.8 Å². The molecule has 0 heterocycles. The van der Waals surface area contributed by atoms with Crippen LogP contribution in [0, 0.1) is 6.92 Å². The number of aryl methyl sites for hydroxylation is 1. The Balaban J connectivity index is 2.18. The second-order valence-electron chi connectivity index (χ2n) is 4.29. The van der Waals surface area contributed by atoms with E-state index in [1.165, 1.54) is 18.2 Å². The van der Waals surface area contributed by atoms with Crippen molar-refractivity contribution in [1.82, 2.24) is 4.72 Å². The van der Waals surface area contributed by atoms with E-state index < -0.39 is 16.1 Å². The summed E-state index contributed by atoms with van der Waals surface area (Å²) >= 11 is 0. The van der Waals surface area contributed by atoms with Gasteiger partial charge in [-0.05, 0) is 30.7 Å². The SMILES string of the molecule is Cc1cccc(S(=O)(=O)NC(=O)Oc2ccccc2)c1N. The highest BCUT2D eigenvalue weighted by atomic mass is 32.2. The van der Waals surface area contributed by atoms with Crippen LogP contribution in [0.15, 0.2) is 53.4 Å². The average Bonchev–Trinajstić information content (AvgIpc) is 2.42. The van der Waals surface area contributed by atoms with Gasteiger partial charge in [-0.25, -0.2) is 17.9 Å². The first-order valence-corrected chi connectivity index (χ1v) is 7.53. The Hall–Kier alpha value is -2.54. The molecule has 1 amide bonds. The van der Waals surface area contributed by atoms with Gasteiger partial charge in [0.25, 0.3) is 10.0 Å². The van der Waals surface area contributed by atoms with Crippen LogP contribution in [0.4, 0.5) is 10.5 Å². The molecule has 0 spiro atoms. The molecule has 0 bridgehead atoms. The van der Waals surface area contributed by atoms with E-state index in [1.54, 1.807) is 37.3 Å². The molecule has 0 saturated carbocycles.